The van der Waals surface area contributed by atoms with E-state index in [1.807, 2.05) is 7.05 Å². The predicted molar refractivity (Wildman–Crippen MR) is 99.5 cm³/mol. The summed E-state index contributed by atoms with van der Waals surface area (Å²) in [5, 5.41) is 8.33. The number of hydrogen-bond acceptors (Lipinski definition) is 3. The fraction of sp³-hybridized carbons (Fsp3) is 0.550. The lowest BCUT2D eigenvalue weighted by Gasteiger charge is -2.23. The van der Waals surface area contributed by atoms with Gasteiger partial charge in [0, 0.05) is 23.3 Å². The molecule has 1 aromatic heterocycles. The third-order valence-electron chi connectivity index (χ3n) is 4.86. The van der Waals surface area contributed by atoms with Crippen LogP contribution in [0.4, 0.5) is 5.69 Å². The van der Waals surface area contributed by atoms with Crippen molar-refractivity contribution in [2.24, 2.45) is 0 Å². The highest BCUT2D eigenvalue weighted by molar-refractivity contribution is 5.96. The first kappa shape index (κ1) is 16.3. The van der Waals surface area contributed by atoms with Crippen molar-refractivity contribution in [2.75, 3.05) is 25.5 Å². The van der Waals surface area contributed by atoms with Crippen LogP contribution in [0.2, 0.25) is 0 Å². The molecule has 23 heavy (non-hydrogen) atoms. The van der Waals surface area contributed by atoms with Crippen LogP contribution in [0, 0.1) is 13.8 Å². The van der Waals surface area contributed by atoms with E-state index in [1.54, 1.807) is 0 Å². The van der Waals surface area contributed by atoms with Gasteiger partial charge in [-0.25, -0.2) is 0 Å². The molecule has 1 aromatic carbocycles. The van der Waals surface area contributed by atoms with Crippen molar-refractivity contribution in [3.05, 3.63) is 34.5 Å². The van der Waals surface area contributed by atoms with Crippen LogP contribution >= 0.6 is 0 Å². The predicted octanol–water partition coefficient (Wildman–Crippen LogP) is 4.14. The highest BCUT2D eigenvalue weighted by Gasteiger charge is 2.19. The Morgan fingerprint density at radius 3 is 2.65 bits per heavy atom. The number of pyridine rings is 1. The monoisotopic (exact) mass is 311 g/mol. The van der Waals surface area contributed by atoms with Crippen LogP contribution in [-0.4, -0.2) is 25.1 Å². The molecule has 0 amide bonds. The molecule has 1 aliphatic carbocycles. The standard InChI is InChI=1S/C20H29N3/c1-14-12-15(2)19-18(13-14)23-17-9-5-4-8-16(17)20(19)22-11-7-6-10-21-3/h12-13,21H,4-11H2,1-3H3,(H,22,23). The van der Waals surface area contributed by atoms with Gasteiger partial charge in [-0.1, -0.05) is 6.07 Å². The first-order valence-corrected chi connectivity index (χ1v) is 9.02. The molecule has 0 saturated heterocycles. The van der Waals surface area contributed by atoms with Gasteiger partial charge in [-0.15, -0.1) is 0 Å². The number of hydrogen-bond donors (Lipinski definition) is 2. The molecule has 0 aliphatic heterocycles. The lowest BCUT2D eigenvalue weighted by molar-refractivity contribution is 0.669. The Morgan fingerprint density at radius 1 is 1.04 bits per heavy atom. The number of anilines is 1. The molecule has 0 radical (unpaired) electrons. The van der Waals surface area contributed by atoms with E-state index < -0.39 is 0 Å². The average molecular weight is 311 g/mol. The topological polar surface area (TPSA) is 37.0 Å². The maximum absolute atomic E-state index is 5.01. The molecular formula is C20H29N3. The minimum Gasteiger partial charge on any atom is -0.384 e. The molecule has 3 heteroatoms. The van der Waals surface area contributed by atoms with E-state index in [4.69, 9.17) is 4.98 Å². The summed E-state index contributed by atoms with van der Waals surface area (Å²) in [4.78, 5) is 5.01. The van der Waals surface area contributed by atoms with Gasteiger partial charge >= 0.3 is 0 Å². The zero-order valence-corrected chi connectivity index (χ0v) is 14.8. The van der Waals surface area contributed by atoms with Gasteiger partial charge in [0.25, 0.3) is 0 Å². The van der Waals surface area contributed by atoms with Crippen LogP contribution in [0.25, 0.3) is 10.9 Å². The molecule has 1 aliphatic rings. The number of nitrogens with one attached hydrogen (secondary N) is 2. The Morgan fingerprint density at radius 2 is 1.83 bits per heavy atom. The summed E-state index contributed by atoms with van der Waals surface area (Å²) in [5.41, 5.74) is 7.99. The van der Waals surface area contributed by atoms with Crippen LogP contribution in [0.1, 0.15) is 48.1 Å². The summed E-state index contributed by atoms with van der Waals surface area (Å²) in [6.07, 6.45) is 7.28. The fourth-order valence-electron chi connectivity index (χ4n) is 3.77. The number of nitrogens with zero attached hydrogens (tertiary/aromatic N) is 1. The van der Waals surface area contributed by atoms with Crippen LogP contribution in [0.5, 0.6) is 0 Å². The molecule has 0 fully saturated rings. The number of rotatable bonds is 6. The van der Waals surface area contributed by atoms with Crippen LogP contribution in [0.15, 0.2) is 12.1 Å². The van der Waals surface area contributed by atoms with Crippen LogP contribution in [0.3, 0.4) is 0 Å². The molecule has 124 valence electrons. The Hall–Kier alpha value is -1.61. The molecule has 3 rings (SSSR count). The third kappa shape index (κ3) is 3.50. The Balaban J connectivity index is 1.98. The quantitative estimate of drug-likeness (QED) is 0.787. The lowest BCUT2D eigenvalue weighted by Crippen LogP contribution is -2.14. The van der Waals surface area contributed by atoms with Crippen LogP contribution < -0.4 is 10.6 Å². The van der Waals surface area contributed by atoms with Gasteiger partial charge in [0.05, 0.1) is 5.52 Å². The molecule has 0 bridgehead atoms. The molecule has 3 nitrogen and oxygen atoms in total. The number of unbranched alkanes of at least 4 members (excludes halogenated alkanes) is 1. The highest BCUT2D eigenvalue weighted by atomic mass is 14.9. The minimum absolute atomic E-state index is 1.04. The summed E-state index contributed by atoms with van der Waals surface area (Å²) >= 11 is 0. The number of fused-ring (bicyclic) bond motifs is 2. The summed E-state index contributed by atoms with van der Waals surface area (Å²) in [6.45, 7) is 6.52. The van der Waals surface area contributed by atoms with E-state index in [0.29, 0.717) is 0 Å². The van der Waals surface area contributed by atoms with E-state index in [1.165, 1.54) is 71.1 Å². The van der Waals surface area contributed by atoms with Gasteiger partial charge in [-0.3, -0.25) is 4.98 Å². The zero-order valence-electron chi connectivity index (χ0n) is 14.8. The minimum atomic E-state index is 1.04. The largest absolute Gasteiger partial charge is 0.384 e. The Kier molecular flexibility index (Phi) is 5.16. The van der Waals surface area contributed by atoms with Gasteiger partial charge in [0.1, 0.15) is 0 Å². The molecule has 0 unspecified atom stereocenters. The van der Waals surface area contributed by atoms with Crippen molar-refractivity contribution in [2.45, 2.75) is 52.4 Å². The van der Waals surface area contributed by atoms with E-state index >= 15 is 0 Å². The summed E-state index contributed by atoms with van der Waals surface area (Å²) < 4.78 is 0. The maximum atomic E-state index is 5.01. The van der Waals surface area contributed by atoms with Crippen molar-refractivity contribution < 1.29 is 0 Å². The fourth-order valence-corrected chi connectivity index (χ4v) is 3.77. The van der Waals surface area contributed by atoms with Gasteiger partial charge in [-0.05, 0) is 88.7 Å². The van der Waals surface area contributed by atoms with E-state index in [0.717, 1.165) is 19.5 Å². The van der Waals surface area contributed by atoms with Crippen molar-refractivity contribution >= 4 is 16.6 Å². The van der Waals surface area contributed by atoms with Gasteiger partial charge in [0.15, 0.2) is 0 Å². The summed E-state index contributed by atoms with van der Waals surface area (Å²) in [6, 6.07) is 4.52. The number of benzene rings is 1. The molecule has 2 aromatic rings. The molecule has 0 atom stereocenters. The second-order valence-corrected chi connectivity index (χ2v) is 6.83. The number of aromatic nitrogens is 1. The molecular weight excluding hydrogens is 282 g/mol. The average Bonchev–Trinajstić information content (AvgIpc) is 2.53. The first-order chi connectivity index (χ1) is 11.2. The SMILES string of the molecule is CNCCCCNc1c2c(nc3cc(C)cc(C)c13)CCCC2. The van der Waals surface area contributed by atoms with Gasteiger partial charge in [-0.2, -0.15) is 0 Å². The molecule has 2 N–H and O–H groups in total. The normalized spacial score (nSPS) is 14.0. The highest BCUT2D eigenvalue weighted by Crippen LogP contribution is 2.35. The maximum Gasteiger partial charge on any atom is 0.0731 e. The van der Waals surface area contributed by atoms with Crippen molar-refractivity contribution in [3.63, 3.8) is 0 Å². The second-order valence-electron chi connectivity index (χ2n) is 6.83. The number of aryl methyl sites for hydroxylation is 3. The van der Waals surface area contributed by atoms with Crippen LogP contribution in [-0.2, 0) is 12.8 Å². The Bertz CT molecular complexity index is 691. The molecule has 1 heterocycles. The first-order valence-electron chi connectivity index (χ1n) is 9.02. The van der Waals surface area contributed by atoms with Crippen molar-refractivity contribution in [1.29, 1.82) is 0 Å². The van der Waals surface area contributed by atoms with Gasteiger partial charge in [0.2, 0.25) is 0 Å². The molecule has 0 saturated carbocycles. The summed E-state index contributed by atoms with van der Waals surface area (Å²) in [7, 11) is 2.02. The second kappa shape index (κ2) is 7.31. The van der Waals surface area contributed by atoms with E-state index in [9.17, 15) is 0 Å². The molecule has 0 spiro atoms. The van der Waals surface area contributed by atoms with Crippen molar-refractivity contribution in [1.82, 2.24) is 10.3 Å². The van der Waals surface area contributed by atoms with E-state index in [-0.39, 0.29) is 0 Å². The smallest absolute Gasteiger partial charge is 0.0731 e. The Labute approximate surface area is 139 Å². The lowest BCUT2D eigenvalue weighted by atomic mass is 9.91. The van der Waals surface area contributed by atoms with Crippen molar-refractivity contribution in [3.8, 4) is 0 Å². The zero-order chi connectivity index (χ0) is 16.2. The van der Waals surface area contributed by atoms with Gasteiger partial charge < -0.3 is 10.6 Å². The van der Waals surface area contributed by atoms with E-state index in [2.05, 4.69) is 36.6 Å². The third-order valence-corrected chi connectivity index (χ3v) is 4.86. The summed E-state index contributed by atoms with van der Waals surface area (Å²) in [5.74, 6) is 0.